The Morgan fingerprint density at radius 3 is 2.33 bits per heavy atom. The fourth-order valence-electron chi connectivity index (χ4n) is 2.18. The van der Waals surface area contributed by atoms with E-state index in [9.17, 15) is 4.79 Å². The molecule has 0 saturated heterocycles. The summed E-state index contributed by atoms with van der Waals surface area (Å²) in [5, 5.41) is 15.8. The number of carbonyl (C=O) groups excluding carboxylic acids is 1. The number of carbonyl (C=O) groups is 1. The fraction of sp³-hybridized carbons (Fsp3) is 0.600. The lowest BCUT2D eigenvalue weighted by Gasteiger charge is -2.29. The Bertz CT molecular complexity index is 641. The molecule has 0 radical (unpaired) electrons. The lowest BCUT2D eigenvalue weighted by atomic mass is 10.1. The van der Waals surface area contributed by atoms with Crippen LogP contribution in [0.2, 0.25) is 0 Å². The van der Waals surface area contributed by atoms with Gasteiger partial charge in [-0.2, -0.15) is 10.2 Å². The molecule has 0 saturated carbocycles. The number of hydrogen-bond acceptors (Lipinski definition) is 5. The monoisotopic (exact) mass is 392 g/mol. The van der Waals surface area contributed by atoms with Crippen LogP contribution in [0.15, 0.2) is 40.6 Å². The van der Waals surface area contributed by atoms with Crippen LogP contribution in [-0.4, -0.2) is 34.9 Å². The van der Waals surface area contributed by atoms with E-state index in [0.717, 1.165) is 0 Å². The average molecular weight is 393 g/mol. The first-order valence-electron chi connectivity index (χ1n) is 9.26. The maximum atomic E-state index is 12.0. The van der Waals surface area contributed by atoms with Gasteiger partial charge >= 0.3 is 5.97 Å². The molecule has 0 aliphatic rings. The number of thiocarbonyl (C=S) groups is 1. The minimum Gasteiger partial charge on any atom is -0.462 e. The number of rotatable bonds is 8. The van der Waals surface area contributed by atoms with Gasteiger partial charge in [-0.1, -0.05) is 18.2 Å². The van der Waals surface area contributed by atoms with Crippen molar-refractivity contribution in [3.63, 3.8) is 0 Å². The summed E-state index contributed by atoms with van der Waals surface area (Å²) in [6, 6.07) is 9.19. The summed E-state index contributed by atoms with van der Waals surface area (Å²) >= 11 is 5.36. The zero-order valence-electron chi connectivity index (χ0n) is 17.2. The quantitative estimate of drug-likeness (QED) is 0.296. The molecule has 0 aliphatic carbocycles. The molecule has 0 spiro atoms. The Kier molecular flexibility index (Phi) is 8.82. The number of azo groups is 1. The largest absolute Gasteiger partial charge is 0.462 e. The highest BCUT2D eigenvalue weighted by Gasteiger charge is 2.26. The zero-order chi connectivity index (χ0) is 20.5. The van der Waals surface area contributed by atoms with Gasteiger partial charge in [-0.25, -0.2) is 4.79 Å². The van der Waals surface area contributed by atoms with Crippen LogP contribution in [0.5, 0.6) is 0 Å². The molecular weight excluding hydrogens is 360 g/mol. The van der Waals surface area contributed by atoms with Crippen LogP contribution >= 0.6 is 12.2 Å². The number of nitrogens with one attached hydrogen (secondary N) is 2. The van der Waals surface area contributed by atoms with E-state index in [1.807, 2.05) is 59.7 Å². The number of ether oxygens (including phenoxy) is 1. The molecule has 0 bridgehead atoms. The molecule has 0 amide bonds. The molecule has 1 atom stereocenters. The molecule has 0 aliphatic heterocycles. The second kappa shape index (κ2) is 10.3. The minimum atomic E-state index is -0.675. The molecule has 2 N–H and O–H groups in total. The Balaban J connectivity index is 2.63. The van der Waals surface area contributed by atoms with Crippen LogP contribution in [0, 0.1) is 0 Å². The summed E-state index contributed by atoms with van der Waals surface area (Å²) in [5.74, 6) is -0.321. The van der Waals surface area contributed by atoms with Crippen LogP contribution in [0.25, 0.3) is 0 Å². The van der Waals surface area contributed by atoms with Gasteiger partial charge in [0, 0.05) is 6.04 Å². The van der Waals surface area contributed by atoms with Gasteiger partial charge in [-0.05, 0) is 78.7 Å². The van der Waals surface area contributed by atoms with E-state index in [0.29, 0.717) is 30.1 Å². The molecule has 150 valence electrons. The van der Waals surface area contributed by atoms with E-state index in [1.165, 1.54) is 0 Å². The van der Waals surface area contributed by atoms with Gasteiger partial charge < -0.3 is 15.4 Å². The SMILES string of the molecule is CC(C)NC(=S)NC(C)(CCCOC(=O)c1ccccc1)N=NC(C)(C)C. The van der Waals surface area contributed by atoms with Crippen molar-refractivity contribution in [3.05, 3.63) is 35.9 Å². The van der Waals surface area contributed by atoms with E-state index < -0.39 is 5.66 Å². The maximum Gasteiger partial charge on any atom is 0.338 e. The first kappa shape index (κ1) is 23.0. The van der Waals surface area contributed by atoms with Crippen molar-refractivity contribution in [2.75, 3.05) is 6.61 Å². The predicted molar refractivity (Wildman–Crippen MR) is 113 cm³/mol. The van der Waals surface area contributed by atoms with Crippen LogP contribution < -0.4 is 10.6 Å². The molecule has 0 aromatic heterocycles. The molecule has 27 heavy (non-hydrogen) atoms. The van der Waals surface area contributed by atoms with Gasteiger partial charge in [0.1, 0.15) is 5.66 Å². The number of esters is 1. The summed E-state index contributed by atoms with van der Waals surface area (Å²) < 4.78 is 5.35. The van der Waals surface area contributed by atoms with Gasteiger partial charge in [0.05, 0.1) is 17.7 Å². The van der Waals surface area contributed by atoms with Crippen molar-refractivity contribution in [2.45, 2.75) is 71.6 Å². The topological polar surface area (TPSA) is 75.1 Å². The van der Waals surface area contributed by atoms with Crippen molar-refractivity contribution in [1.29, 1.82) is 0 Å². The molecule has 1 aromatic carbocycles. The fourth-order valence-corrected chi connectivity index (χ4v) is 2.64. The highest BCUT2D eigenvalue weighted by molar-refractivity contribution is 7.80. The van der Waals surface area contributed by atoms with Crippen molar-refractivity contribution >= 4 is 23.3 Å². The Morgan fingerprint density at radius 1 is 1.15 bits per heavy atom. The molecule has 0 heterocycles. The molecule has 1 aromatic rings. The van der Waals surface area contributed by atoms with E-state index >= 15 is 0 Å². The highest BCUT2D eigenvalue weighted by atomic mass is 32.1. The second-order valence-corrected chi connectivity index (χ2v) is 8.41. The molecular formula is C20H32N4O2S. The van der Waals surface area contributed by atoms with Gasteiger partial charge in [-0.15, -0.1) is 0 Å². The average Bonchev–Trinajstić information content (AvgIpc) is 2.56. The van der Waals surface area contributed by atoms with Crippen molar-refractivity contribution < 1.29 is 9.53 Å². The maximum absolute atomic E-state index is 12.0. The smallest absolute Gasteiger partial charge is 0.338 e. The van der Waals surface area contributed by atoms with Crippen LogP contribution in [0.3, 0.4) is 0 Å². The van der Waals surface area contributed by atoms with Crippen LogP contribution in [0.4, 0.5) is 0 Å². The molecule has 1 unspecified atom stereocenters. The molecule has 1 rings (SSSR count). The molecule has 6 nitrogen and oxygen atoms in total. The number of hydrogen-bond donors (Lipinski definition) is 2. The lowest BCUT2D eigenvalue weighted by Crippen LogP contribution is -2.50. The highest BCUT2D eigenvalue weighted by Crippen LogP contribution is 2.19. The third kappa shape index (κ3) is 10.0. The summed E-state index contributed by atoms with van der Waals surface area (Å²) in [4.78, 5) is 12.0. The third-order valence-corrected chi connectivity index (χ3v) is 3.64. The van der Waals surface area contributed by atoms with E-state index in [1.54, 1.807) is 12.1 Å². The van der Waals surface area contributed by atoms with Crippen LogP contribution in [0.1, 0.15) is 64.7 Å². The second-order valence-electron chi connectivity index (χ2n) is 8.00. The Labute approximate surface area is 168 Å². The molecule has 0 fully saturated rings. The Morgan fingerprint density at radius 2 is 1.78 bits per heavy atom. The summed E-state index contributed by atoms with van der Waals surface area (Å²) in [6.45, 7) is 12.3. The van der Waals surface area contributed by atoms with Crippen molar-refractivity contribution in [3.8, 4) is 0 Å². The van der Waals surface area contributed by atoms with Gasteiger partial charge in [-0.3, -0.25) is 0 Å². The minimum absolute atomic E-state index is 0.223. The first-order chi connectivity index (χ1) is 12.5. The zero-order valence-corrected chi connectivity index (χ0v) is 18.0. The normalized spacial score (nSPS) is 14.0. The number of nitrogens with zero attached hydrogens (tertiary/aromatic N) is 2. The Hall–Kier alpha value is -2.02. The summed E-state index contributed by atoms with van der Waals surface area (Å²) in [6.07, 6.45) is 1.25. The van der Waals surface area contributed by atoms with Gasteiger partial charge in [0.2, 0.25) is 0 Å². The summed E-state index contributed by atoms with van der Waals surface area (Å²) in [5.41, 5.74) is -0.408. The first-order valence-corrected chi connectivity index (χ1v) is 9.66. The van der Waals surface area contributed by atoms with E-state index in [-0.39, 0.29) is 17.6 Å². The van der Waals surface area contributed by atoms with Gasteiger partial charge in [0.15, 0.2) is 5.11 Å². The van der Waals surface area contributed by atoms with Crippen LogP contribution in [-0.2, 0) is 4.74 Å². The third-order valence-electron chi connectivity index (χ3n) is 3.42. The van der Waals surface area contributed by atoms with E-state index in [2.05, 4.69) is 20.9 Å². The van der Waals surface area contributed by atoms with Gasteiger partial charge in [0.25, 0.3) is 0 Å². The van der Waals surface area contributed by atoms with E-state index in [4.69, 9.17) is 17.0 Å². The summed E-state index contributed by atoms with van der Waals surface area (Å²) in [7, 11) is 0. The molecule has 7 heteroatoms. The lowest BCUT2D eigenvalue weighted by molar-refractivity contribution is 0.0490. The number of benzene rings is 1. The van der Waals surface area contributed by atoms with Crippen molar-refractivity contribution in [2.24, 2.45) is 10.2 Å². The predicted octanol–water partition coefficient (Wildman–Crippen LogP) is 4.46. The standard InChI is InChI=1S/C20H32N4O2S/c1-15(2)21-18(27)22-20(6,24-23-19(3,4)5)13-10-14-26-17(25)16-11-8-7-9-12-16/h7-9,11-12,15H,10,13-14H2,1-6H3,(H2,21,22,27). The van der Waals surface area contributed by atoms with Crippen molar-refractivity contribution in [1.82, 2.24) is 10.6 Å².